The van der Waals surface area contributed by atoms with Gasteiger partial charge in [-0.3, -0.25) is 0 Å². The van der Waals surface area contributed by atoms with E-state index in [1.807, 2.05) is 0 Å². The van der Waals surface area contributed by atoms with Gasteiger partial charge in [0.25, 0.3) is 0 Å². The summed E-state index contributed by atoms with van der Waals surface area (Å²) < 4.78 is 26.3. The summed E-state index contributed by atoms with van der Waals surface area (Å²) in [7, 11) is 0. The Morgan fingerprint density at radius 1 is 1.18 bits per heavy atom. The molecule has 0 bridgehead atoms. The van der Waals surface area contributed by atoms with Crippen molar-refractivity contribution in [3.05, 3.63) is 41.1 Å². The molecule has 0 atom stereocenters. The largest absolute Gasteiger partial charge is 0.368 e. The fourth-order valence-corrected chi connectivity index (χ4v) is 2.26. The summed E-state index contributed by atoms with van der Waals surface area (Å²) in [5.41, 5.74) is 5.39. The lowest BCUT2D eigenvalue weighted by atomic mass is 10.3. The zero-order valence-electron chi connectivity index (χ0n) is 8.32. The van der Waals surface area contributed by atoms with Gasteiger partial charge in [0.2, 0.25) is 5.95 Å². The van der Waals surface area contributed by atoms with Crippen LogP contribution in [0.2, 0.25) is 5.15 Å². The first-order chi connectivity index (χ1) is 8.04. The normalized spacial score (nSPS) is 10.5. The highest BCUT2D eigenvalue weighted by Gasteiger charge is 2.08. The van der Waals surface area contributed by atoms with Crippen molar-refractivity contribution in [3.63, 3.8) is 0 Å². The molecular formula is C10H6ClF2N3S. The molecule has 7 heteroatoms. The van der Waals surface area contributed by atoms with E-state index in [1.165, 1.54) is 6.07 Å². The van der Waals surface area contributed by atoms with Gasteiger partial charge >= 0.3 is 0 Å². The van der Waals surface area contributed by atoms with Crippen molar-refractivity contribution in [1.82, 2.24) is 9.97 Å². The molecule has 1 heterocycles. The minimum atomic E-state index is -0.537. The number of hydrogen-bond donors (Lipinski definition) is 1. The van der Waals surface area contributed by atoms with Crippen molar-refractivity contribution >= 4 is 29.3 Å². The minimum absolute atomic E-state index is 0.0168. The first-order valence-corrected chi connectivity index (χ1v) is 5.67. The predicted molar refractivity (Wildman–Crippen MR) is 61.9 cm³/mol. The smallest absolute Gasteiger partial charge is 0.222 e. The number of rotatable bonds is 2. The average molecular weight is 274 g/mol. The Bertz CT molecular complexity index is 545. The molecule has 2 aromatic rings. The molecule has 0 unspecified atom stereocenters. The fraction of sp³-hybridized carbons (Fsp3) is 0. The van der Waals surface area contributed by atoms with Crippen LogP contribution in [-0.2, 0) is 0 Å². The van der Waals surface area contributed by atoms with E-state index in [0.717, 1.165) is 30.0 Å². The Morgan fingerprint density at radius 3 is 2.65 bits per heavy atom. The molecule has 88 valence electrons. The van der Waals surface area contributed by atoms with Crippen LogP contribution >= 0.6 is 23.4 Å². The van der Waals surface area contributed by atoms with Crippen LogP contribution in [0.1, 0.15) is 0 Å². The second kappa shape index (κ2) is 4.85. The van der Waals surface area contributed by atoms with Gasteiger partial charge in [-0.25, -0.2) is 18.7 Å². The lowest BCUT2D eigenvalue weighted by molar-refractivity contribution is 0.577. The molecule has 0 amide bonds. The number of nitrogens with two attached hydrogens (primary N) is 1. The maximum absolute atomic E-state index is 13.4. The molecule has 1 aromatic heterocycles. The van der Waals surface area contributed by atoms with E-state index in [0.29, 0.717) is 5.03 Å². The van der Waals surface area contributed by atoms with Crippen LogP contribution in [0, 0.1) is 11.6 Å². The summed E-state index contributed by atoms with van der Waals surface area (Å²) >= 11 is 6.60. The summed E-state index contributed by atoms with van der Waals surface area (Å²) in [5.74, 6) is -1.08. The molecule has 2 rings (SSSR count). The lowest BCUT2D eigenvalue weighted by Crippen LogP contribution is -1.96. The molecule has 2 N–H and O–H groups in total. The van der Waals surface area contributed by atoms with Crippen LogP contribution in [0.3, 0.4) is 0 Å². The highest BCUT2D eigenvalue weighted by atomic mass is 35.5. The Labute approximate surface area is 105 Å². The Hall–Kier alpha value is -1.40. The first-order valence-electron chi connectivity index (χ1n) is 4.47. The molecule has 3 nitrogen and oxygen atoms in total. The molecule has 1 aromatic carbocycles. The number of benzene rings is 1. The lowest BCUT2D eigenvalue weighted by Gasteiger charge is -2.03. The predicted octanol–water partition coefficient (Wildman–Crippen LogP) is 3.14. The Morgan fingerprint density at radius 2 is 1.94 bits per heavy atom. The standard InChI is InChI=1S/C10H6ClF2N3S/c11-8-4-9(16-10(14)15-8)17-7-3-5(12)1-2-6(7)13/h1-4H,(H2,14,15,16). The van der Waals surface area contributed by atoms with Crippen LogP contribution in [0.5, 0.6) is 0 Å². The molecule has 0 radical (unpaired) electrons. The van der Waals surface area contributed by atoms with Gasteiger partial charge in [-0.05, 0) is 18.2 Å². The van der Waals surface area contributed by atoms with Gasteiger partial charge in [0, 0.05) is 6.07 Å². The second-order valence-electron chi connectivity index (χ2n) is 3.06. The number of nitrogens with zero attached hydrogens (tertiary/aromatic N) is 2. The third kappa shape index (κ3) is 3.04. The first kappa shape index (κ1) is 12.1. The van der Waals surface area contributed by atoms with Gasteiger partial charge < -0.3 is 5.73 Å². The van der Waals surface area contributed by atoms with Crippen molar-refractivity contribution in [1.29, 1.82) is 0 Å². The van der Waals surface area contributed by atoms with Crippen LogP contribution in [0.15, 0.2) is 34.2 Å². The zero-order chi connectivity index (χ0) is 12.4. The SMILES string of the molecule is Nc1nc(Cl)cc(Sc2cc(F)ccc2F)n1. The van der Waals surface area contributed by atoms with Crippen LogP contribution < -0.4 is 5.73 Å². The quantitative estimate of drug-likeness (QED) is 0.854. The maximum Gasteiger partial charge on any atom is 0.222 e. The topological polar surface area (TPSA) is 51.8 Å². The van der Waals surface area contributed by atoms with Crippen LogP contribution in [0.25, 0.3) is 0 Å². The average Bonchev–Trinajstić information content (AvgIpc) is 2.22. The monoisotopic (exact) mass is 273 g/mol. The number of aromatic nitrogens is 2. The number of nitrogen functional groups attached to an aromatic ring is 1. The minimum Gasteiger partial charge on any atom is -0.368 e. The number of hydrogen-bond acceptors (Lipinski definition) is 4. The van der Waals surface area contributed by atoms with Gasteiger partial charge in [0.1, 0.15) is 21.8 Å². The van der Waals surface area contributed by atoms with E-state index >= 15 is 0 Å². The molecule has 0 saturated carbocycles. The van der Waals surface area contributed by atoms with Gasteiger partial charge in [0.05, 0.1) is 4.90 Å². The highest BCUT2D eigenvalue weighted by Crippen LogP contribution is 2.30. The van der Waals surface area contributed by atoms with E-state index in [-0.39, 0.29) is 16.0 Å². The van der Waals surface area contributed by atoms with Gasteiger partial charge in [-0.1, -0.05) is 23.4 Å². The summed E-state index contributed by atoms with van der Waals surface area (Å²) in [6, 6.07) is 4.59. The summed E-state index contributed by atoms with van der Waals surface area (Å²) in [5, 5.41) is 0.504. The van der Waals surface area contributed by atoms with Gasteiger partial charge in [-0.15, -0.1) is 0 Å². The van der Waals surface area contributed by atoms with Crippen molar-refractivity contribution in [2.24, 2.45) is 0 Å². The number of halogens is 3. The van der Waals surface area contributed by atoms with E-state index in [1.54, 1.807) is 0 Å². The van der Waals surface area contributed by atoms with Crippen molar-refractivity contribution in [2.45, 2.75) is 9.92 Å². The summed E-state index contributed by atoms with van der Waals surface area (Å²) in [6.07, 6.45) is 0. The highest BCUT2D eigenvalue weighted by molar-refractivity contribution is 7.99. The fourth-order valence-electron chi connectivity index (χ4n) is 1.13. The van der Waals surface area contributed by atoms with E-state index in [2.05, 4.69) is 9.97 Å². The summed E-state index contributed by atoms with van der Waals surface area (Å²) in [4.78, 5) is 7.63. The molecule has 0 saturated heterocycles. The Balaban J connectivity index is 2.34. The summed E-state index contributed by atoms with van der Waals surface area (Å²) in [6.45, 7) is 0. The van der Waals surface area contributed by atoms with Crippen LogP contribution in [-0.4, -0.2) is 9.97 Å². The third-order valence-corrected chi connectivity index (χ3v) is 2.94. The van der Waals surface area contributed by atoms with Gasteiger partial charge in [0.15, 0.2) is 0 Å². The van der Waals surface area contributed by atoms with Gasteiger partial charge in [-0.2, -0.15) is 0 Å². The molecular weight excluding hydrogens is 268 g/mol. The van der Waals surface area contributed by atoms with Crippen LogP contribution in [0.4, 0.5) is 14.7 Å². The molecule has 0 fully saturated rings. The maximum atomic E-state index is 13.4. The third-order valence-electron chi connectivity index (χ3n) is 1.80. The van der Waals surface area contributed by atoms with E-state index in [9.17, 15) is 8.78 Å². The molecule has 17 heavy (non-hydrogen) atoms. The Kier molecular flexibility index (Phi) is 3.44. The molecule has 0 aliphatic heterocycles. The van der Waals surface area contributed by atoms with E-state index < -0.39 is 11.6 Å². The molecule has 0 aliphatic rings. The van der Waals surface area contributed by atoms with E-state index in [4.69, 9.17) is 17.3 Å². The molecule has 0 aliphatic carbocycles. The van der Waals surface area contributed by atoms with Crippen molar-refractivity contribution in [2.75, 3.05) is 5.73 Å². The van der Waals surface area contributed by atoms with Crippen molar-refractivity contribution < 1.29 is 8.78 Å². The zero-order valence-corrected chi connectivity index (χ0v) is 9.90. The number of anilines is 1. The second-order valence-corrected chi connectivity index (χ2v) is 4.51. The van der Waals surface area contributed by atoms with Crippen molar-refractivity contribution in [3.8, 4) is 0 Å². The molecule has 0 spiro atoms.